The van der Waals surface area contributed by atoms with E-state index in [0.29, 0.717) is 0 Å². The first-order chi connectivity index (χ1) is 5.58. The lowest BCUT2D eigenvalue weighted by Crippen LogP contribution is -2.31. The first-order valence-electron chi connectivity index (χ1n) is 4.01. The summed E-state index contributed by atoms with van der Waals surface area (Å²) in [6, 6.07) is 3.91. The predicted octanol–water partition coefficient (Wildman–Crippen LogP) is 1.74. The second-order valence-corrected chi connectivity index (χ2v) is 3.75. The average Bonchev–Trinajstić information content (AvgIpc) is 2.36. The maximum atomic E-state index is 4.08. The summed E-state index contributed by atoms with van der Waals surface area (Å²) < 4.78 is 0. The number of nitrogens with one attached hydrogen (secondary N) is 2. The molecule has 0 saturated heterocycles. The van der Waals surface area contributed by atoms with Gasteiger partial charge < -0.3 is 10.4 Å². The fraction of sp³-hybridized carbons (Fsp3) is 0.444. The molecule has 3 heteroatoms. The van der Waals surface area contributed by atoms with Gasteiger partial charge in [-0.15, -0.1) is 0 Å². The van der Waals surface area contributed by atoms with E-state index in [2.05, 4.69) is 36.3 Å². The minimum absolute atomic E-state index is 0.0308. The summed E-state index contributed by atoms with van der Waals surface area (Å²) in [7, 11) is 0. The Kier molecular flexibility index (Phi) is 2.53. The third-order valence-corrected chi connectivity index (χ3v) is 1.23. The topological polar surface area (TPSA) is 40.2 Å². The highest BCUT2D eigenvalue weighted by atomic mass is 15.3. The molecule has 2 N–H and O–H groups in total. The Morgan fingerprint density at radius 2 is 2.25 bits per heavy atom. The van der Waals surface area contributed by atoms with Gasteiger partial charge in [0.15, 0.2) is 0 Å². The lowest BCUT2D eigenvalue weighted by atomic mass is 10.1. The van der Waals surface area contributed by atoms with Crippen LogP contribution in [0.1, 0.15) is 26.5 Å². The Labute approximate surface area is 72.9 Å². The van der Waals surface area contributed by atoms with Crippen LogP contribution in [0, 0.1) is 0 Å². The number of hydrogen-bond acceptors (Lipinski definition) is 2. The normalized spacial score (nSPS) is 12.2. The van der Waals surface area contributed by atoms with Gasteiger partial charge >= 0.3 is 0 Å². The van der Waals surface area contributed by atoms with Crippen LogP contribution in [0.4, 0.5) is 0 Å². The van der Waals surface area contributed by atoms with Crippen LogP contribution in [-0.4, -0.2) is 16.7 Å². The molecule has 1 aromatic rings. The Bertz CT molecular complexity index is 241. The molecular weight excluding hydrogens is 150 g/mol. The maximum Gasteiger partial charge on any atom is 0.0703 e. The number of aromatic nitrogens is 1. The summed E-state index contributed by atoms with van der Waals surface area (Å²) in [6.45, 7) is 6.21. The third-order valence-electron chi connectivity index (χ3n) is 1.23. The monoisotopic (exact) mass is 165 g/mol. The van der Waals surface area contributed by atoms with Gasteiger partial charge in [0.2, 0.25) is 0 Å². The molecular formula is C9H15N3. The maximum absolute atomic E-state index is 4.08. The molecule has 12 heavy (non-hydrogen) atoms. The molecule has 1 rings (SSSR count). The zero-order valence-corrected chi connectivity index (χ0v) is 7.76. The molecule has 0 atom stereocenters. The Morgan fingerprint density at radius 3 is 2.75 bits per heavy atom. The fourth-order valence-corrected chi connectivity index (χ4v) is 0.720. The van der Waals surface area contributed by atoms with Crippen molar-refractivity contribution < 1.29 is 0 Å². The van der Waals surface area contributed by atoms with Crippen molar-refractivity contribution in [1.82, 2.24) is 10.4 Å². The van der Waals surface area contributed by atoms with E-state index in [1.807, 2.05) is 18.3 Å². The van der Waals surface area contributed by atoms with E-state index >= 15 is 0 Å². The fourth-order valence-electron chi connectivity index (χ4n) is 0.720. The smallest absolute Gasteiger partial charge is 0.0703 e. The van der Waals surface area contributed by atoms with Crippen LogP contribution in [-0.2, 0) is 0 Å². The standard InChI is InChI=1S/C9H15N3/c1-9(2,3)12-11-7-8-5-4-6-10-8/h4-7,10,12H,1-3H3/b11-7+. The average molecular weight is 165 g/mol. The Hall–Kier alpha value is -1.25. The van der Waals surface area contributed by atoms with E-state index in [1.54, 1.807) is 6.21 Å². The van der Waals surface area contributed by atoms with E-state index in [-0.39, 0.29) is 5.54 Å². The summed E-state index contributed by atoms with van der Waals surface area (Å²) in [4.78, 5) is 3.03. The summed E-state index contributed by atoms with van der Waals surface area (Å²) in [5, 5.41) is 4.08. The second-order valence-electron chi connectivity index (χ2n) is 3.75. The minimum Gasteiger partial charge on any atom is -0.360 e. The molecule has 0 fully saturated rings. The van der Waals surface area contributed by atoms with Gasteiger partial charge in [0.1, 0.15) is 0 Å². The van der Waals surface area contributed by atoms with Crippen molar-refractivity contribution in [2.75, 3.05) is 0 Å². The van der Waals surface area contributed by atoms with Crippen LogP contribution >= 0.6 is 0 Å². The highest BCUT2D eigenvalue weighted by Crippen LogP contribution is 1.97. The number of aromatic amines is 1. The van der Waals surface area contributed by atoms with E-state index in [0.717, 1.165) is 5.69 Å². The van der Waals surface area contributed by atoms with Gasteiger partial charge in [-0.1, -0.05) is 0 Å². The molecule has 66 valence electrons. The number of rotatable bonds is 2. The lowest BCUT2D eigenvalue weighted by molar-refractivity contribution is 0.442. The van der Waals surface area contributed by atoms with Crippen LogP contribution in [0.2, 0.25) is 0 Å². The number of H-pyrrole nitrogens is 1. The quantitative estimate of drug-likeness (QED) is 0.508. The second kappa shape index (κ2) is 3.43. The van der Waals surface area contributed by atoms with Crippen molar-refractivity contribution in [3.8, 4) is 0 Å². The third kappa shape index (κ3) is 3.23. The minimum atomic E-state index is 0.0308. The van der Waals surface area contributed by atoms with Crippen LogP contribution in [0.25, 0.3) is 0 Å². The largest absolute Gasteiger partial charge is 0.360 e. The van der Waals surface area contributed by atoms with Crippen molar-refractivity contribution in [2.45, 2.75) is 26.3 Å². The van der Waals surface area contributed by atoms with Crippen LogP contribution in [0.5, 0.6) is 0 Å². The van der Waals surface area contributed by atoms with Gasteiger partial charge in [-0.3, -0.25) is 0 Å². The lowest BCUT2D eigenvalue weighted by Gasteiger charge is -2.16. The number of hydrazone groups is 1. The van der Waals surface area contributed by atoms with Crippen LogP contribution < -0.4 is 5.43 Å². The molecule has 0 bridgehead atoms. The van der Waals surface area contributed by atoms with E-state index in [9.17, 15) is 0 Å². The predicted molar refractivity (Wildman–Crippen MR) is 51.3 cm³/mol. The first kappa shape index (κ1) is 8.84. The highest BCUT2D eigenvalue weighted by molar-refractivity contribution is 5.76. The molecule has 0 aliphatic rings. The SMILES string of the molecule is CC(C)(C)N/N=C/c1ccc[nH]1. The summed E-state index contributed by atoms with van der Waals surface area (Å²) in [5.74, 6) is 0. The highest BCUT2D eigenvalue weighted by Gasteiger charge is 2.05. The molecule has 0 amide bonds. The molecule has 0 aliphatic carbocycles. The molecule has 0 unspecified atom stereocenters. The van der Waals surface area contributed by atoms with Gasteiger partial charge in [0.05, 0.1) is 11.9 Å². The van der Waals surface area contributed by atoms with Crippen molar-refractivity contribution in [2.24, 2.45) is 5.10 Å². The van der Waals surface area contributed by atoms with Gasteiger partial charge in [-0.05, 0) is 32.9 Å². The van der Waals surface area contributed by atoms with E-state index < -0.39 is 0 Å². The van der Waals surface area contributed by atoms with Gasteiger partial charge in [0, 0.05) is 11.7 Å². The molecule has 0 radical (unpaired) electrons. The molecule has 1 aromatic heterocycles. The first-order valence-corrected chi connectivity index (χ1v) is 4.01. The van der Waals surface area contributed by atoms with Gasteiger partial charge in [-0.25, -0.2) is 0 Å². The molecule has 0 spiro atoms. The van der Waals surface area contributed by atoms with E-state index in [1.165, 1.54) is 0 Å². The van der Waals surface area contributed by atoms with Gasteiger partial charge in [-0.2, -0.15) is 5.10 Å². The Balaban J connectivity index is 2.42. The van der Waals surface area contributed by atoms with Crippen LogP contribution in [0.15, 0.2) is 23.4 Å². The zero-order chi connectivity index (χ0) is 9.03. The molecule has 0 aromatic carbocycles. The molecule has 0 saturated carbocycles. The van der Waals surface area contributed by atoms with E-state index in [4.69, 9.17) is 0 Å². The molecule has 3 nitrogen and oxygen atoms in total. The Morgan fingerprint density at radius 1 is 1.50 bits per heavy atom. The van der Waals surface area contributed by atoms with Gasteiger partial charge in [0.25, 0.3) is 0 Å². The number of nitrogens with zero attached hydrogens (tertiary/aromatic N) is 1. The summed E-state index contributed by atoms with van der Waals surface area (Å²) in [6.07, 6.45) is 3.64. The van der Waals surface area contributed by atoms with Crippen LogP contribution in [0.3, 0.4) is 0 Å². The summed E-state index contributed by atoms with van der Waals surface area (Å²) >= 11 is 0. The van der Waals surface area contributed by atoms with Crippen molar-refractivity contribution in [3.05, 3.63) is 24.0 Å². The van der Waals surface area contributed by atoms with Crippen molar-refractivity contribution >= 4 is 6.21 Å². The number of hydrogen-bond donors (Lipinski definition) is 2. The van der Waals surface area contributed by atoms with Crippen molar-refractivity contribution in [1.29, 1.82) is 0 Å². The van der Waals surface area contributed by atoms with Crippen molar-refractivity contribution in [3.63, 3.8) is 0 Å². The zero-order valence-electron chi connectivity index (χ0n) is 7.76. The molecule has 0 aliphatic heterocycles. The summed E-state index contributed by atoms with van der Waals surface area (Å²) in [5.41, 5.74) is 4.05. The molecule has 1 heterocycles.